The molecule has 0 aromatic heterocycles. The number of hydrogen-bond donors (Lipinski definition) is 1. The average molecular weight is 499 g/mol. The molecule has 1 aliphatic carbocycles. The summed E-state index contributed by atoms with van der Waals surface area (Å²) in [6.07, 6.45) is 3.13. The monoisotopic (exact) mass is 498 g/mol. The van der Waals surface area contributed by atoms with Crippen molar-refractivity contribution in [3.05, 3.63) is 69.2 Å². The van der Waals surface area contributed by atoms with E-state index < -0.39 is 27.6 Å². The van der Waals surface area contributed by atoms with Gasteiger partial charge in [-0.15, -0.1) is 0 Å². The van der Waals surface area contributed by atoms with Crippen molar-refractivity contribution in [3.63, 3.8) is 0 Å². The number of carbonyl (C=O) groups excluding carboxylic acids is 1. The lowest BCUT2D eigenvalue weighted by Crippen LogP contribution is -2.43. The molecular formula is C23H25ClF2N2O4S. The van der Waals surface area contributed by atoms with E-state index in [4.69, 9.17) is 16.3 Å². The first kappa shape index (κ1) is 24.1. The molecule has 178 valence electrons. The maximum Gasteiger partial charge on any atom is 0.267 e. The molecule has 6 nitrogen and oxygen atoms in total. The Morgan fingerprint density at radius 1 is 1.21 bits per heavy atom. The molecule has 2 aliphatic rings. The van der Waals surface area contributed by atoms with Gasteiger partial charge in [0.15, 0.2) is 0 Å². The summed E-state index contributed by atoms with van der Waals surface area (Å²) in [6.45, 7) is 2.23. The maximum absolute atomic E-state index is 14.8. The Morgan fingerprint density at radius 3 is 2.64 bits per heavy atom. The van der Waals surface area contributed by atoms with Gasteiger partial charge in [0.25, 0.3) is 5.91 Å². The van der Waals surface area contributed by atoms with Crippen molar-refractivity contribution in [2.75, 3.05) is 26.0 Å². The van der Waals surface area contributed by atoms with Gasteiger partial charge in [-0.25, -0.2) is 21.9 Å². The van der Waals surface area contributed by atoms with Crippen LogP contribution in [-0.4, -0.2) is 51.3 Å². The van der Waals surface area contributed by atoms with Crippen LogP contribution in [0.15, 0.2) is 30.3 Å². The van der Waals surface area contributed by atoms with Gasteiger partial charge in [-0.2, -0.15) is 0 Å². The van der Waals surface area contributed by atoms with Gasteiger partial charge < -0.3 is 4.74 Å². The van der Waals surface area contributed by atoms with Crippen molar-refractivity contribution in [3.8, 4) is 0 Å². The molecule has 1 aliphatic heterocycles. The third-order valence-corrected chi connectivity index (χ3v) is 6.76. The number of hydrogen-bond acceptors (Lipinski definition) is 5. The molecule has 2 aromatic rings. The molecule has 1 amide bonds. The molecule has 0 spiro atoms. The van der Waals surface area contributed by atoms with Crippen LogP contribution >= 0.6 is 11.6 Å². The minimum absolute atomic E-state index is 0.143. The van der Waals surface area contributed by atoms with Crippen LogP contribution in [0.25, 0.3) is 0 Å². The predicted molar refractivity (Wildman–Crippen MR) is 121 cm³/mol. The highest BCUT2D eigenvalue weighted by Gasteiger charge is 2.30. The summed E-state index contributed by atoms with van der Waals surface area (Å²) in [4.78, 5) is 14.4. The molecule has 1 saturated carbocycles. The molecule has 10 heteroatoms. The van der Waals surface area contributed by atoms with E-state index in [0.717, 1.165) is 35.8 Å². The van der Waals surface area contributed by atoms with Crippen LogP contribution in [-0.2, 0) is 27.7 Å². The standard InChI is InChI=1S/C23H25ClF2N2O4S/c1-33(30,31)27-23(29)20-11-19(14-2-3-14)16(9-22(20)26)12-28-6-7-32-18(13-28)8-15-4-5-17(25)10-21(15)24/h4-5,9-11,14,18H,2-3,6-8,12-13H2,1H3,(H,27,29)/t18-/m1/s1. The van der Waals surface area contributed by atoms with Crippen LogP contribution in [0, 0.1) is 11.6 Å². The van der Waals surface area contributed by atoms with Crippen molar-refractivity contribution in [1.82, 2.24) is 9.62 Å². The second-order valence-corrected chi connectivity index (χ2v) is 10.8. The number of nitrogens with zero attached hydrogens (tertiary/aromatic N) is 1. The Bertz CT molecular complexity index is 1170. The minimum atomic E-state index is -3.79. The van der Waals surface area contributed by atoms with E-state index >= 15 is 0 Å². The molecule has 0 radical (unpaired) electrons. The first-order valence-corrected chi connectivity index (χ1v) is 13.0. The van der Waals surface area contributed by atoms with Crippen molar-refractivity contribution < 1.29 is 26.7 Å². The molecule has 1 saturated heterocycles. The molecule has 1 heterocycles. The lowest BCUT2D eigenvalue weighted by molar-refractivity contribution is -0.0305. The largest absolute Gasteiger partial charge is 0.375 e. The lowest BCUT2D eigenvalue weighted by atomic mass is 9.98. The number of benzene rings is 2. The average Bonchev–Trinajstić information content (AvgIpc) is 3.54. The summed E-state index contributed by atoms with van der Waals surface area (Å²) < 4.78 is 58.6. The second kappa shape index (κ2) is 9.66. The summed E-state index contributed by atoms with van der Waals surface area (Å²) in [5.41, 5.74) is 2.19. The smallest absolute Gasteiger partial charge is 0.267 e. The van der Waals surface area contributed by atoms with Crippen molar-refractivity contribution >= 4 is 27.5 Å². The van der Waals surface area contributed by atoms with Gasteiger partial charge in [0.05, 0.1) is 24.5 Å². The van der Waals surface area contributed by atoms with Crippen molar-refractivity contribution in [2.24, 2.45) is 0 Å². The van der Waals surface area contributed by atoms with Gasteiger partial charge in [0, 0.05) is 31.1 Å². The molecular weight excluding hydrogens is 474 g/mol. The van der Waals surface area contributed by atoms with Gasteiger partial charge in [0.2, 0.25) is 10.0 Å². The normalized spacial score (nSPS) is 19.5. The fraction of sp³-hybridized carbons (Fsp3) is 0.435. The van der Waals surface area contributed by atoms with Crippen molar-refractivity contribution in [1.29, 1.82) is 0 Å². The van der Waals surface area contributed by atoms with Crippen LogP contribution < -0.4 is 4.72 Å². The van der Waals surface area contributed by atoms with E-state index in [-0.39, 0.29) is 17.6 Å². The van der Waals surface area contributed by atoms with E-state index in [1.54, 1.807) is 6.07 Å². The fourth-order valence-electron chi connectivity index (χ4n) is 4.16. The Morgan fingerprint density at radius 2 is 1.97 bits per heavy atom. The first-order valence-electron chi connectivity index (χ1n) is 10.7. The Labute approximate surface area is 196 Å². The zero-order chi connectivity index (χ0) is 23.8. The van der Waals surface area contributed by atoms with E-state index in [1.165, 1.54) is 24.3 Å². The van der Waals surface area contributed by atoms with Gasteiger partial charge in [0.1, 0.15) is 11.6 Å². The highest BCUT2D eigenvalue weighted by atomic mass is 35.5. The fourth-order valence-corrected chi connectivity index (χ4v) is 4.85. The van der Waals surface area contributed by atoms with Crippen molar-refractivity contribution in [2.45, 2.75) is 37.8 Å². The summed E-state index contributed by atoms with van der Waals surface area (Å²) in [5.74, 6) is -1.87. The number of rotatable bonds is 7. The number of amides is 1. The molecule has 1 atom stereocenters. The van der Waals surface area contributed by atoms with Crippen LogP contribution in [0.4, 0.5) is 8.78 Å². The van der Waals surface area contributed by atoms with Crippen LogP contribution in [0.2, 0.25) is 5.02 Å². The van der Waals surface area contributed by atoms with E-state index in [0.29, 0.717) is 37.7 Å². The number of halogens is 3. The summed E-state index contributed by atoms with van der Waals surface area (Å²) >= 11 is 6.15. The molecule has 4 rings (SSSR count). The molecule has 33 heavy (non-hydrogen) atoms. The number of ether oxygens (including phenoxy) is 1. The van der Waals surface area contributed by atoms with Gasteiger partial charge in [-0.1, -0.05) is 17.7 Å². The number of nitrogens with one attached hydrogen (secondary N) is 1. The molecule has 1 N–H and O–H groups in total. The van der Waals surface area contributed by atoms with Crippen LogP contribution in [0.1, 0.15) is 45.8 Å². The lowest BCUT2D eigenvalue weighted by Gasteiger charge is -2.33. The summed E-state index contributed by atoms with van der Waals surface area (Å²) in [6, 6.07) is 7.13. The molecule has 2 fully saturated rings. The van der Waals surface area contributed by atoms with Gasteiger partial charge in [-0.3, -0.25) is 9.69 Å². The zero-order valence-corrected chi connectivity index (χ0v) is 19.7. The van der Waals surface area contributed by atoms with Crippen LogP contribution in [0.3, 0.4) is 0 Å². The number of morpholine rings is 1. The Balaban J connectivity index is 1.49. The minimum Gasteiger partial charge on any atom is -0.375 e. The molecule has 2 aromatic carbocycles. The quantitative estimate of drug-likeness (QED) is 0.631. The maximum atomic E-state index is 14.8. The topological polar surface area (TPSA) is 75.7 Å². The van der Waals surface area contributed by atoms with Gasteiger partial charge >= 0.3 is 0 Å². The molecule has 0 bridgehead atoms. The highest BCUT2D eigenvalue weighted by molar-refractivity contribution is 7.89. The SMILES string of the molecule is CS(=O)(=O)NC(=O)c1cc(C2CC2)c(CN2CCO[C@H](Cc3ccc(F)cc3Cl)C2)cc1F. The first-order chi connectivity index (χ1) is 15.6. The third kappa shape index (κ3) is 6.29. The zero-order valence-electron chi connectivity index (χ0n) is 18.1. The highest BCUT2D eigenvalue weighted by Crippen LogP contribution is 2.43. The predicted octanol–water partition coefficient (Wildman–Crippen LogP) is 3.63. The Hall–Kier alpha value is -2.07. The second-order valence-electron chi connectivity index (χ2n) is 8.68. The van der Waals surface area contributed by atoms with E-state index in [9.17, 15) is 22.0 Å². The summed E-state index contributed by atoms with van der Waals surface area (Å²) in [7, 11) is -3.79. The summed E-state index contributed by atoms with van der Waals surface area (Å²) in [5, 5.41) is 0.358. The third-order valence-electron chi connectivity index (χ3n) is 5.85. The number of sulfonamides is 1. The van der Waals surface area contributed by atoms with E-state index in [2.05, 4.69) is 4.90 Å². The van der Waals surface area contributed by atoms with E-state index in [1.807, 2.05) is 4.72 Å². The Kier molecular flexibility index (Phi) is 7.04. The van der Waals surface area contributed by atoms with Crippen LogP contribution in [0.5, 0.6) is 0 Å². The number of carbonyl (C=O) groups is 1. The molecule has 0 unspecified atom stereocenters. The van der Waals surface area contributed by atoms with Gasteiger partial charge in [-0.05, 0) is 59.7 Å².